The summed E-state index contributed by atoms with van der Waals surface area (Å²) < 4.78 is 13.8. The van der Waals surface area contributed by atoms with E-state index in [0.29, 0.717) is 0 Å². The summed E-state index contributed by atoms with van der Waals surface area (Å²) in [5.41, 5.74) is 2.47. The van der Waals surface area contributed by atoms with Crippen molar-refractivity contribution in [2.75, 3.05) is 23.8 Å². The van der Waals surface area contributed by atoms with E-state index in [0.717, 1.165) is 29.7 Å². The van der Waals surface area contributed by atoms with Crippen LogP contribution in [0.3, 0.4) is 0 Å². The fraction of sp³-hybridized carbons (Fsp3) is 0.720. The molecule has 0 heterocycles. The van der Waals surface area contributed by atoms with Gasteiger partial charge in [-0.05, 0) is 75.6 Å². The van der Waals surface area contributed by atoms with Crippen molar-refractivity contribution in [3.8, 4) is 0 Å². The molecule has 0 radical (unpaired) electrons. The summed E-state index contributed by atoms with van der Waals surface area (Å²) in [6, 6.07) is 3.06. The van der Waals surface area contributed by atoms with E-state index in [2.05, 4.69) is 26.1 Å². The van der Waals surface area contributed by atoms with Crippen molar-refractivity contribution in [1.29, 1.82) is 0 Å². The molecule has 1 aromatic carbocycles. The van der Waals surface area contributed by atoms with Crippen LogP contribution in [0.2, 0.25) is 0 Å². The number of carbonyl (C=O) groups is 1. The summed E-state index contributed by atoms with van der Waals surface area (Å²) in [5.74, 6) is 0.00485. The number of carbonyl (C=O) groups excluding carboxylic acids is 1. The Morgan fingerprint density at radius 2 is 1.41 bits per heavy atom. The maximum atomic E-state index is 13.9. The second-order valence-corrected chi connectivity index (χ2v) is 13.6. The molecule has 4 heteroatoms. The van der Waals surface area contributed by atoms with Crippen LogP contribution in [0.25, 0.3) is 0 Å². The van der Waals surface area contributed by atoms with Crippen LogP contribution in [0.5, 0.6) is 0 Å². The summed E-state index contributed by atoms with van der Waals surface area (Å²) in [4.78, 5) is 13.9. The minimum absolute atomic E-state index is 0.153. The predicted octanol–water partition coefficient (Wildman–Crippen LogP) is 7.72. The van der Waals surface area contributed by atoms with Crippen molar-refractivity contribution in [2.45, 2.75) is 97.6 Å². The molecule has 1 aliphatic carbocycles. The summed E-state index contributed by atoms with van der Waals surface area (Å²) in [6.45, 7) is 10.6. The monoisotopic (exact) mass is 422 g/mol. The Kier molecular flexibility index (Phi) is 9.14. The first-order valence-corrected chi connectivity index (χ1v) is 14.1. The molecular weight excluding hydrogens is 380 g/mol. The summed E-state index contributed by atoms with van der Waals surface area (Å²) in [5, 5.41) is 3.15. The fourth-order valence-corrected chi connectivity index (χ4v) is 11.6. The van der Waals surface area contributed by atoms with Crippen LogP contribution < -0.4 is 5.32 Å². The summed E-state index contributed by atoms with van der Waals surface area (Å²) in [6.07, 6.45) is 14.4. The van der Waals surface area contributed by atoms with Crippen molar-refractivity contribution < 1.29 is 9.18 Å². The maximum absolute atomic E-state index is 13.9. The average Bonchev–Trinajstić information content (AvgIpc) is 2.64. The number of unbranched alkanes of at least 4 members (excludes halogenated alkanes) is 3. The van der Waals surface area contributed by atoms with Crippen LogP contribution in [0.15, 0.2) is 12.1 Å². The van der Waals surface area contributed by atoms with E-state index < -0.39 is 7.26 Å². The van der Waals surface area contributed by atoms with Crippen molar-refractivity contribution >= 4 is 18.9 Å². The molecule has 29 heavy (non-hydrogen) atoms. The lowest BCUT2D eigenvalue weighted by atomic mass is 9.83. The van der Waals surface area contributed by atoms with Gasteiger partial charge in [0.05, 0.1) is 18.5 Å². The molecule has 0 saturated heterocycles. The normalized spacial score (nSPS) is 15.8. The van der Waals surface area contributed by atoms with Gasteiger partial charge in [0.15, 0.2) is 5.16 Å². The topological polar surface area (TPSA) is 29.1 Å². The fourth-order valence-electron chi connectivity index (χ4n) is 5.13. The molecule has 1 amide bonds. The van der Waals surface area contributed by atoms with Crippen molar-refractivity contribution in [1.82, 2.24) is 0 Å². The molecule has 2 rings (SSSR count). The van der Waals surface area contributed by atoms with Gasteiger partial charge in [-0.25, -0.2) is 4.39 Å². The van der Waals surface area contributed by atoms with Crippen molar-refractivity contribution in [3.05, 3.63) is 29.1 Å². The van der Waals surface area contributed by atoms with Gasteiger partial charge in [0, 0.05) is 12.9 Å². The third kappa shape index (κ3) is 5.22. The smallest absolute Gasteiger partial charge is 0.268 e. The van der Waals surface area contributed by atoms with Crippen LogP contribution in [-0.4, -0.2) is 29.5 Å². The third-order valence-corrected chi connectivity index (χ3v) is 13.0. The molecular formula is C25H42FNOP+. The Hall–Kier alpha value is -0.950. The Balaban J connectivity index is 2.40. The Morgan fingerprint density at radius 3 is 1.76 bits per heavy atom. The first kappa shape index (κ1) is 24.3. The van der Waals surface area contributed by atoms with Crippen LogP contribution in [0.4, 0.5) is 10.1 Å². The number of anilines is 1. The highest BCUT2D eigenvalue weighted by Crippen LogP contribution is 2.76. The molecule has 1 aliphatic rings. The van der Waals surface area contributed by atoms with E-state index in [9.17, 15) is 9.18 Å². The van der Waals surface area contributed by atoms with Gasteiger partial charge < -0.3 is 5.32 Å². The van der Waals surface area contributed by atoms with Gasteiger partial charge >= 0.3 is 0 Å². The molecule has 2 nitrogen and oxygen atoms in total. The Morgan fingerprint density at radius 1 is 0.966 bits per heavy atom. The molecule has 0 unspecified atom stereocenters. The zero-order valence-electron chi connectivity index (χ0n) is 19.4. The summed E-state index contributed by atoms with van der Waals surface area (Å²) in [7, 11) is -1.40. The number of aryl methyl sites for hydroxylation is 2. The highest BCUT2D eigenvalue weighted by Gasteiger charge is 2.64. The van der Waals surface area contributed by atoms with E-state index >= 15 is 0 Å². The average molecular weight is 423 g/mol. The van der Waals surface area contributed by atoms with Gasteiger partial charge in [-0.15, -0.1) is 0 Å². The van der Waals surface area contributed by atoms with Crippen LogP contribution in [-0.2, 0) is 4.79 Å². The number of rotatable bonds is 12. The number of halogens is 1. The molecule has 0 aromatic heterocycles. The molecule has 0 atom stereocenters. The Labute approximate surface area is 178 Å². The van der Waals surface area contributed by atoms with Crippen molar-refractivity contribution in [3.63, 3.8) is 0 Å². The van der Waals surface area contributed by atoms with E-state index in [1.54, 1.807) is 0 Å². The zero-order valence-corrected chi connectivity index (χ0v) is 20.3. The van der Waals surface area contributed by atoms with Gasteiger partial charge in [-0.1, -0.05) is 40.0 Å². The Bertz CT molecular complexity index is 639. The highest BCUT2D eigenvalue weighted by atomic mass is 31.2. The van der Waals surface area contributed by atoms with Gasteiger partial charge in [0.1, 0.15) is 5.82 Å². The van der Waals surface area contributed by atoms with Crippen LogP contribution >= 0.6 is 7.26 Å². The number of hydrogen-bond acceptors (Lipinski definition) is 1. The molecule has 0 bridgehead atoms. The lowest BCUT2D eigenvalue weighted by Gasteiger charge is -2.49. The van der Waals surface area contributed by atoms with E-state index in [1.807, 2.05) is 13.8 Å². The second-order valence-electron chi connectivity index (χ2n) is 9.13. The lowest BCUT2D eigenvalue weighted by Crippen LogP contribution is -2.52. The van der Waals surface area contributed by atoms with Gasteiger partial charge in [-0.2, -0.15) is 0 Å². The number of amides is 1. The second kappa shape index (κ2) is 10.9. The van der Waals surface area contributed by atoms with Crippen LogP contribution in [0, 0.1) is 19.7 Å². The minimum atomic E-state index is -1.40. The quantitative estimate of drug-likeness (QED) is 0.343. The number of hydrogen-bond donors (Lipinski definition) is 1. The molecule has 0 spiro atoms. The maximum Gasteiger partial charge on any atom is 0.268 e. The molecule has 0 aliphatic heterocycles. The molecule has 1 aromatic rings. The van der Waals surface area contributed by atoms with Crippen LogP contribution in [0.1, 0.15) is 89.7 Å². The van der Waals surface area contributed by atoms with Gasteiger partial charge in [0.25, 0.3) is 5.91 Å². The largest absolute Gasteiger partial charge is 0.322 e. The van der Waals surface area contributed by atoms with Gasteiger partial charge in [-0.3, -0.25) is 4.79 Å². The zero-order chi connectivity index (χ0) is 21.5. The summed E-state index contributed by atoms with van der Waals surface area (Å²) >= 11 is 0. The third-order valence-electron chi connectivity index (χ3n) is 7.07. The SMILES string of the molecule is CCCC[P+](CCCC)(CCCC)C1(C(=O)Nc2c(C)cc(F)cc2C)CCC1. The molecule has 1 fully saturated rings. The first-order valence-electron chi connectivity index (χ1n) is 11.8. The minimum Gasteiger partial charge on any atom is -0.322 e. The van der Waals surface area contributed by atoms with Crippen molar-refractivity contribution in [2.24, 2.45) is 0 Å². The van der Waals surface area contributed by atoms with Gasteiger partial charge in [0.2, 0.25) is 0 Å². The van der Waals surface area contributed by atoms with E-state index in [-0.39, 0.29) is 16.9 Å². The first-order chi connectivity index (χ1) is 13.9. The lowest BCUT2D eigenvalue weighted by molar-refractivity contribution is -0.120. The number of nitrogens with one attached hydrogen (secondary N) is 1. The number of benzene rings is 1. The molecule has 164 valence electrons. The van der Waals surface area contributed by atoms with E-state index in [4.69, 9.17) is 0 Å². The molecule has 1 saturated carbocycles. The standard InChI is InChI=1S/C25H41FNOP/c1-6-9-15-29(16-10-7-2,17-11-8-3)25(13-12-14-25)24(28)27-23-20(4)18-22(26)19-21(23)5/h18-19H,6-17H2,1-5H3/p+1. The highest BCUT2D eigenvalue weighted by molar-refractivity contribution is 7.78. The predicted molar refractivity (Wildman–Crippen MR) is 127 cm³/mol. The van der Waals surface area contributed by atoms with E-state index in [1.165, 1.54) is 75.6 Å². The molecule has 1 N–H and O–H groups in total.